The lowest BCUT2D eigenvalue weighted by Crippen LogP contribution is -2.10. The van der Waals surface area contributed by atoms with Crippen molar-refractivity contribution in [2.75, 3.05) is 0 Å². The Morgan fingerprint density at radius 2 is 2.30 bits per heavy atom. The molecule has 0 fully saturated rings. The van der Waals surface area contributed by atoms with Crippen LogP contribution in [0.15, 0.2) is 29.6 Å². The fourth-order valence-corrected chi connectivity index (χ4v) is 2.97. The van der Waals surface area contributed by atoms with Gasteiger partial charge in [0.1, 0.15) is 0 Å². The van der Waals surface area contributed by atoms with E-state index < -0.39 is 5.91 Å². The summed E-state index contributed by atoms with van der Waals surface area (Å²) in [5.74, 6) is 0.121. The number of rotatable bonds is 5. The van der Waals surface area contributed by atoms with Gasteiger partial charge in [-0.25, -0.2) is 4.98 Å². The average Bonchev–Trinajstić information content (AvgIpc) is 2.77. The molecule has 3 N–H and O–H groups in total. The summed E-state index contributed by atoms with van der Waals surface area (Å²) in [6, 6.07) is 5.00. The quantitative estimate of drug-likeness (QED) is 0.827. The third kappa shape index (κ3) is 3.15. The molecule has 0 unspecified atom stereocenters. The number of hydrogen-bond acceptors (Lipinski definition) is 4. The zero-order valence-corrected chi connectivity index (χ0v) is 12.4. The van der Waals surface area contributed by atoms with Crippen LogP contribution in [0.4, 0.5) is 0 Å². The highest BCUT2D eigenvalue weighted by atomic mass is 35.5. The van der Waals surface area contributed by atoms with E-state index in [4.69, 9.17) is 22.4 Å². The number of hydrogen-bond donors (Lipinski definition) is 2. The largest absolute Gasteiger partial charge is 0.390 e. The Balaban J connectivity index is 2.11. The lowest BCUT2D eigenvalue weighted by Gasteiger charge is -2.06. The summed E-state index contributed by atoms with van der Waals surface area (Å²) in [5, 5.41) is 10.4. The first kappa shape index (κ1) is 14.9. The first-order chi connectivity index (χ1) is 9.52. The summed E-state index contributed by atoms with van der Waals surface area (Å²) < 4.78 is 1.83. The van der Waals surface area contributed by atoms with Crippen molar-refractivity contribution < 1.29 is 9.90 Å². The van der Waals surface area contributed by atoms with Crippen LogP contribution < -0.4 is 5.73 Å². The molecule has 0 radical (unpaired) electrons. The zero-order chi connectivity index (χ0) is 14.7. The van der Waals surface area contributed by atoms with E-state index >= 15 is 0 Å². The molecule has 0 spiro atoms. The van der Waals surface area contributed by atoms with Gasteiger partial charge in [-0.2, -0.15) is 0 Å². The number of benzene rings is 1. The third-order valence-corrected chi connectivity index (χ3v) is 4.34. The van der Waals surface area contributed by atoms with Crippen LogP contribution in [0.2, 0.25) is 5.02 Å². The number of amides is 1. The van der Waals surface area contributed by atoms with Crippen molar-refractivity contribution in [3.05, 3.63) is 46.2 Å². The molecule has 0 aliphatic rings. The van der Waals surface area contributed by atoms with Crippen molar-refractivity contribution >= 4 is 29.3 Å². The van der Waals surface area contributed by atoms with Crippen molar-refractivity contribution in [2.45, 2.75) is 17.5 Å². The SMILES string of the molecule is Cn1c(CO)cnc1SCc1ccc(C(N)=O)cc1Cl. The van der Waals surface area contributed by atoms with E-state index in [1.54, 1.807) is 24.4 Å². The van der Waals surface area contributed by atoms with Crippen LogP contribution in [-0.2, 0) is 19.4 Å². The smallest absolute Gasteiger partial charge is 0.248 e. The van der Waals surface area contributed by atoms with Crippen LogP contribution in [-0.4, -0.2) is 20.6 Å². The molecule has 7 heteroatoms. The second-order valence-corrected chi connectivity index (χ2v) is 5.56. The van der Waals surface area contributed by atoms with Gasteiger partial charge in [-0.05, 0) is 17.7 Å². The van der Waals surface area contributed by atoms with Crippen LogP contribution in [0.25, 0.3) is 0 Å². The van der Waals surface area contributed by atoms with Crippen molar-refractivity contribution in [3.63, 3.8) is 0 Å². The molecule has 5 nitrogen and oxygen atoms in total. The van der Waals surface area contributed by atoms with Crippen LogP contribution >= 0.6 is 23.4 Å². The van der Waals surface area contributed by atoms with Gasteiger partial charge in [0.2, 0.25) is 5.91 Å². The maximum atomic E-state index is 11.0. The zero-order valence-electron chi connectivity index (χ0n) is 10.8. The van der Waals surface area contributed by atoms with Crippen LogP contribution in [0.3, 0.4) is 0 Å². The lowest BCUT2D eigenvalue weighted by molar-refractivity contribution is 0.100. The lowest BCUT2D eigenvalue weighted by atomic mass is 10.1. The van der Waals surface area contributed by atoms with Crippen LogP contribution in [0.5, 0.6) is 0 Å². The van der Waals surface area contributed by atoms with E-state index in [-0.39, 0.29) is 6.61 Å². The molecule has 0 aliphatic carbocycles. The molecule has 2 rings (SSSR count). The Morgan fingerprint density at radius 1 is 1.55 bits per heavy atom. The second-order valence-electron chi connectivity index (χ2n) is 4.21. The molecule has 1 heterocycles. The number of aliphatic hydroxyl groups is 1. The number of imidazole rings is 1. The summed E-state index contributed by atoms with van der Waals surface area (Å²) in [5.41, 5.74) is 7.24. The molecule has 1 aromatic carbocycles. The average molecular weight is 312 g/mol. The Morgan fingerprint density at radius 3 is 2.85 bits per heavy atom. The normalized spacial score (nSPS) is 10.8. The maximum Gasteiger partial charge on any atom is 0.248 e. The Bertz CT molecular complexity index is 643. The molecule has 0 aliphatic heterocycles. The number of nitrogens with zero attached hydrogens (tertiary/aromatic N) is 2. The fraction of sp³-hybridized carbons (Fsp3) is 0.231. The standard InChI is InChI=1S/C13H14ClN3O2S/c1-17-10(6-18)5-16-13(17)20-7-9-3-2-8(12(15)19)4-11(9)14/h2-5,18H,6-7H2,1H3,(H2,15,19). The number of nitrogens with two attached hydrogens (primary N) is 1. The topological polar surface area (TPSA) is 81.1 Å². The molecule has 106 valence electrons. The third-order valence-electron chi connectivity index (χ3n) is 2.90. The molecule has 1 aromatic heterocycles. The van der Waals surface area contributed by atoms with Crippen molar-refractivity contribution in [3.8, 4) is 0 Å². The van der Waals surface area contributed by atoms with Gasteiger partial charge in [-0.3, -0.25) is 4.79 Å². The van der Waals surface area contributed by atoms with E-state index in [1.807, 2.05) is 11.6 Å². The van der Waals surface area contributed by atoms with Gasteiger partial charge in [0.15, 0.2) is 5.16 Å². The molecule has 0 atom stereocenters. The highest BCUT2D eigenvalue weighted by Gasteiger charge is 2.09. The molecule has 20 heavy (non-hydrogen) atoms. The molecular weight excluding hydrogens is 298 g/mol. The predicted octanol–water partition coefficient (Wildman–Crippen LogP) is 1.96. The minimum absolute atomic E-state index is 0.0435. The molecule has 0 saturated carbocycles. The summed E-state index contributed by atoms with van der Waals surface area (Å²) in [7, 11) is 1.85. The van der Waals surface area contributed by atoms with Crippen molar-refractivity contribution in [1.29, 1.82) is 0 Å². The number of aromatic nitrogens is 2. The van der Waals surface area contributed by atoms with E-state index in [0.717, 1.165) is 16.4 Å². The highest BCUT2D eigenvalue weighted by Crippen LogP contribution is 2.27. The van der Waals surface area contributed by atoms with Gasteiger partial charge in [0, 0.05) is 23.4 Å². The number of thioether (sulfide) groups is 1. The van der Waals surface area contributed by atoms with Gasteiger partial charge in [-0.15, -0.1) is 0 Å². The second kappa shape index (κ2) is 6.30. The number of aliphatic hydroxyl groups excluding tert-OH is 1. The summed E-state index contributed by atoms with van der Waals surface area (Å²) in [4.78, 5) is 15.3. The number of carbonyl (C=O) groups is 1. The minimum atomic E-state index is -0.497. The number of primary amides is 1. The number of carbonyl (C=O) groups excluding carboxylic acids is 1. The molecule has 1 amide bonds. The van der Waals surface area contributed by atoms with E-state index in [2.05, 4.69) is 4.98 Å². The van der Waals surface area contributed by atoms with Gasteiger partial charge in [0.25, 0.3) is 0 Å². The molecular formula is C13H14ClN3O2S. The Kier molecular flexibility index (Phi) is 4.69. The summed E-state index contributed by atoms with van der Waals surface area (Å²) >= 11 is 7.63. The molecule has 2 aromatic rings. The highest BCUT2D eigenvalue weighted by molar-refractivity contribution is 7.98. The van der Waals surface area contributed by atoms with Gasteiger partial charge < -0.3 is 15.4 Å². The Hall–Kier alpha value is -1.50. The van der Waals surface area contributed by atoms with E-state index in [9.17, 15) is 4.79 Å². The van der Waals surface area contributed by atoms with Crippen LogP contribution in [0, 0.1) is 0 Å². The monoisotopic (exact) mass is 311 g/mol. The molecule has 0 bridgehead atoms. The summed E-state index contributed by atoms with van der Waals surface area (Å²) in [6.07, 6.45) is 1.64. The van der Waals surface area contributed by atoms with Gasteiger partial charge in [-0.1, -0.05) is 29.4 Å². The first-order valence-corrected chi connectivity index (χ1v) is 7.21. The predicted molar refractivity (Wildman–Crippen MR) is 78.7 cm³/mol. The first-order valence-electron chi connectivity index (χ1n) is 5.85. The van der Waals surface area contributed by atoms with Crippen LogP contribution in [0.1, 0.15) is 21.6 Å². The van der Waals surface area contributed by atoms with E-state index in [0.29, 0.717) is 16.3 Å². The molecule has 0 saturated heterocycles. The van der Waals surface area contributed by atoms with Gasteiger partial charge in [0.05, 0.1) is 18.5 Å². The maximum absolute atomic E-state index is 11.0. The fourth-order valence-electron chi connectivity index (χ4n) is 1.67. The minimum Gasteiger partial charge on any atom is -0.390 e. The summed E-state index contributed by atoms with van der Waals surface area (Å²) in [6.45, 7) is -0.0435. The van der Waals surface area contributed by atoms with E-state index in [1.165, 1.54) is 11.8 Å². The van der Waals surface area contributed by atoms with Crippen molar-refractivity contribution in [1.82, 2.24) is 9.55 Å². The van der Waals surface area contributed by atoms with Crippen molar-refractivity contribution in [2.24, 2.45) is 12.8 Å². The Labute approximate surface area is 125 Å². The van der Waals surface area contributed by atoms with Gasteiger partial charge >= 0.3 is 0 Å². The number of halogens is 1.